The Bertz CT molecular complexity index is 579. The van der Waals surface area contributed by atoms with E-state index in [0.717, 1.165) is 38.3 Å². The molecule has 0 unspecified atom stereocenters. The molecule has 2 aliphatic heterocycles. The highest BCUT2D eigenvalue weighted by Crippen LogP contribution is 2.39. The van der Waals surface area contributed by atoms with E-state index in [9.17, 15) is 8.42 Å². The van der Waals surface area contributed by atoms with E-state index in [4.69, 9.17) is 0 Å². The highest BCUT2D eigenvalue weighted by molar-refractivity contribution is 7.90. The largest absolute Gasteiger partial charge is 0.355 e. The van der Waals surface area contributed by atoms with Gasteiger partial charge in [-0.2, -0.15) is 0 Å². The molecule has 1 spiro atoms. The lowest BCUT2D eigenvalue weighted by molar-refractivity contribution is 0.232. The zero-order valence-corrected chi connectivity index (χ0v) is 12.5. The molecule has 2 aliphatic rings. The van der Waals surface area contributed by atoms with Crippen LogP contribution in [0.2, 0.25) is 0 Å². The van der Waals surface area contributed by atoms with Crippen LogP contribution >= 0.6 is 0 Å². The van der Waals surface area contributed by atoms with Gasteiger partial charge in [-0.3, -0.25) is 0 Å². The highest BCUT2D eigenvalue weighted by Gasteiger charge is 2.39. The van der Waals surface area contributed by atoms with E-state index in [1.54, 1.807) is 12.1 Å². The third-order valence-corrected chi connectivity index (χ3v) is 5.41. The van der Waals surface area contributed by atoms with Gasteiger partial charge in [-0.1, -0.05) is 0 Å². The van der Waals surface area contributed by atoms with Crippen LogP contribution in [0.15, 0.2) is 17.2 Å². The molecule has 0 bridgehead atoms. The van der Waals surface area contributed by atoms with Crippen LogP contribution in [0.25, 0.3) is 0 Å². The van der Waals surface area contributed by atoms with Crippen LogP contribution in [0.5, 0.6) is 0 Å². The van der Waals surface area contributed by atoms with E-state index >= 15 is 0 Å². The summed E-state index contributed by atoms with van der Waals surface area (Å²) >= 11 is 0. The third-order valence-electron chi connectivity index (χ3n) is 4.43. The molecule has 0 radical (unpaired) electrons. The average Bonchev–Trinajstić information content (AvgIpc) is 2.83. The summed E-state index contributed by atoms with van der Waals surface area (Å²) in [5, 5.41) is 11.4. The Labute approximate surface area is 119 Å². The quantitative estimate of drug-likeness (QED) is 0.854. The Balaban J connectivity index is 1.74. The van der Waals surface area contributed by atoms with Gasteiger partial charge in [-0.15, -0.1) is 10.2 Å². The van der Waals surface area contributed by atoms with Crippen LogP contribution in [0.1, 0.15) is 19.3 Å². The lowest BCUT2D eigenvalue weighted by Gasteiger charge is -2.33. The van der Waals surface area contributed by atoms with Crippen molar-refractivity contribution >= 4 is 15.7 Å². The molecule has 0 atom stereocenters. The molecule has 1 aromatic rings. The fourth-order valence-electron chi connectivity index (χ4n) is 3.18. The number of aromatic nitrogens is 2. The summed E-state index contributed by atoms with van der Waals surface area (Å²) in [6, 6.07) is 3.31. The second-order valence-electron chi connectivity index (χ2n) is 5.92. The van der Waals surface area contributed by atoms with Crippen LogP contribution in [-0.2, 0) is 9.84 Å². The van der Waals surface area contributed by atoms with Gasteiger partial charge in [0.05, 0.1) is 0 Å². The topological polar surface area (TPSA) is 75.2 Å². The van der Waals surface area contributed by atoms with Gasteiger partial charge in [0, 0.05) is 19.3 Å². The van der Waals surface area contributed by atoms with Crippen molar-refractivity contribution in [3.63, 3.8) is 0 Å². The number of piperidine rings is 1. The minimum Gasteiger partial charge on any atom is -0.355 e. The van der Waals surface area contributed by atoms with Crippen molar-refractivity contribution in [3.05, 3.63) is 12.1 Å². The number of rotatable bonds is 2. The summed E-state index contributed by atoms with van der Waals surface area (Å²) in [5.41, 5.74) is 0.405. The van der Waals surface area contributed by atoms with Crippen molar-refractivity contribution in [2.45, 2.75) is 24.3 Å². The standard InChI is InChI=1S/C13H20N4O2S/c1-20(18,19)12-3-2-11(15-16-12)17-9-6-13(10-17)4-7-14-8-5-13/h2-3,14H,4-10H2,1H3. The first-order chi connectivity index (χ1) is 9.49. The first-order valence-corrected chi connectivity index (χ1v) is 8.87. The van der Waals surface area contributed by atoms with Gasteiger partial charge >= 0.3 is 0 Å². The zero-order valence-electron chi connectivity index (χ0n) is 11.7. The molecule has 1 N–H and O–H groups in total. The van der Waals surface area contributed by atoms with E-state index in [2.05, 4.69) is 20.4 Å². The van der Waals surface area contributed by atoms with Crippen LogP contribution in [-0.4, -0.2) is 51.0 Å². The molecule has 6 nitrogen and oxygen atoms in total. The van der Waals surface area contributed by atoms with Gasteiger partial charge in [0.15, 0.2) is 20.7 Å². The van der Waals surface area contributed by atoms with Crippen molar-refractivity contribution in [1.82, 2.24) is 15.5 Å². The Kier molecular flexibility index (Phi) is 3.41. The molecule has 1 aromatic heterocycles. The van der Waals surface area contributed by atoms with Gasteiger partial charge in [-0.25, -0.2) is 8.42 Å². The van der Waals surface area contributed by atoms with Crippen molar-refractivity contribution in [1.29, 1.82) is 0 Å². The van der Waals surface area contributed by atoms with Crippen LogP contribution < -0.4 is 10.2 Å². The third kappa shape index (κ3) is 2.64. The Morgan fingerprint density at radius 3 is 2.55 bits per heavy atom. The maximum Gasteiger partial charge on any atom is 0.194 e. The normalized spacial score (nSPS) is 22.4. The summed E-state index contributed by atoms with van der Waals surface area (Å²) in [4.78, 5) is 2.23. The molecule has 0 amide bonds. The van der Waals surface area contributed by atoms with E-state index < -0.39 is 9.84 Å². The number of nitrogens with zero attached hydrogens (tertiary/aromatic N) is 3. The SMILES string of the molecule is CS(=O)(=O)c1ccc(N2CCC3(CCNCC3)C2)nn1. The predicted octanol–water partition coefficient (Wildman–Crippen LogP) is 0.460. The van der Waals surface area contributed by atoms with Gasteiger partial charge in [0.1, 0.15) is 0 Å². The van der Waals surface area contributed by atoms with Crippen molar-refractivity contribution in [2.75, 3.05) is 37.3 Å². The molecule has 0 aliphatic carbocycles. The second-order valence-corrected chi connectivity index (χ2v) is 7.89. The molecular weight excluding hydrogens is 276 g/mol. The Morgan fingerprint density at radius 1 is 1.20 bits per heavy atom. The maximum absolute atomic E-state index is 11.4. The van der Waals surface area contributed by atoms with Gasteiger partial charge < -0.3 is 10.2 Å². The number of anilines is 1. The fourth-order valence-corrected chi connectivity index (χ4v) is 3.68. The number of nitrogens with one attached hydrogen (secondary N) is 1. The summed E-state index contributed by atoms with van der Waals surface area (Å²) in [5.74, 6) is 0.785. The average molecular weight is 296 g/mol. The summed E-state index contributed by atoms with van der Waals surface area (Å²) < 4.78 is 22.8. The fraction of sp³-hybridized carbons (Fsp3) is 0.692. The van der Waals surface area contributed by atoms with Crippen molar-refractivity contribution in [3.8, 4) is 0 Å². The highest BCUT2D eigenvalue weighted by atomic mass is 32.2. The van der Waals surface area contributed by atoms with Crippen LogP contribution in [0.4, 0.5) is 5.82 Å². The molecule has 20 heavy (non-hydrogen) atoms. The number of hydrogen-bond donors (Lipinski definition) is 1. The maximum atomic E-state index is 11.4. The van der Waals surface area contributed by atoms with Crippen molar-refractivity contribution < 1.29 is 8.42 Å². The van der Waals surface area contributed by atoms with E-state index in [1.165, 1.54) is 19.3 Å². The van der Waals surface area contributed by atoms with Crippen LogP contribution in [0.3, 0.4) is 0 Å². The number of hydrogen-bond acceptors (Lipinski definition) is 6. The summed E-state index contributed by atoms with van der Waals surface area (Å²) in [7, 11) is -3.27. The minimum atomic E-state index is -3.27. The molecule has 0 saturated carbocycles. The Hall–Kier alpha value is -1.21. The van der Waals surface area contributed by atoms with Gasteiger partial charge in [0.2, 0.25) is 0 Å². The lowest BCUT2D eigenvalue weighted by Crippen LogP contribution is -2.38. The molecule has 2 saturated heterocycles. The molecular formula is C13H20N4O2S. The summed E-state index contributed by atoms with van der Waals surface area (Å²) in [6.07, 6.45) is 4.75. The molecule has 0 aromatic carbocycles. The molecule has 7 heteroatoms. The van der Waals surface area contributed by atoms with E-state index in [-0.39, 0.29) is 5.03 Å². The van der Waals surface area contributed by atoms with Crippen LogP contribution in [0, 0.1) is 5.41 Å². The first kappa shape index (κ1) is 13.8. The van der Waals surface area contributed by atoms with E-state index in [1.807, 2.05) is 0 Å². The molecule has 3 heterocycles. The molecule has 2 fully saturated rings. The van der Waals surface area contributed by atoms with Gasteiger partial charge in [0.25, 0.3) is 0 Å². The number of sulfone groups is 1. The Morgan fingerprint density at radius 2 is 1.95 bits per heavy atom. The second kappa shape index (κ2) is 4.96. The smallest absolute Gasteiger partial charge is 0.194 e. The molecule has 3 rings (SSSR count). The predicted molar refractivity (Wildman–Crippen MR) is 76.5 cm³/mol. The monoisotopic (exact) mass is 296 g/mol. The van der Waals surface area contributed by atoms with Crippen molar-refractivity contribution in [2.24, 2.45) is 5.41 Å². The summed E-state index contributed by atoms with van der Waals surface area (Å²) in [6.45, 7) is 4.16. The zero-order chi connectivity index (χ0) is 14.2. The van der Waals surface area contributed by atoms with E-state index in [0.29, 0.717) is 5.41 Å². The lowest BCUT2D eigenvalue weighted by atomic mass is 9.78. The minimum absolute atomic E-state index is 0.0389. The molecule has 110 valence electrons. The van der Waals surface area contributed by atoms with Gasteiger partial charge in [-0.05, 0) is 49.9 Å². The first-order valence-electron chi connectivity index (χ1n) is 6.98.